The molecule has 1 saturated heterocycles. The maximum Gasteiger partial charge on any atom is 0.325 e. The molecule has 0 saturated carbocycles. The van der Waals surface area contributed by atoms with Crippen LogP contribution in [0.25, 0.3) is 0 Å². The molecule has 2 aliphatic rings. The third-order valence-electron chi connectivity index (χ3n) is 4.98. The van der Waals surface area contributed by atoms with Gasteiger partial charge in [-0.3, -0.25) is 9.69 Å². The van der Waals surface area contributed by atoms with Gasteiger partial charge in [-0.05, 0) is 36.6 Å². The number of amides is 3. The number of nitrogens with zero attached hydrogens (tertiary/aromatic N) is 3. The Hall–Kier alpha value is -2.89. The molecule has 2 aromatic carbocycles. The number of aryl methyl sites for hydroxylation is 1. The highest BCUT2D eigenvalue weighted by Crippen LogP contribution is 2.28. The van der Waals surface area contributed by atoms with Gasteiger partial charge in [-0.25, -0.2) is 9.18 Å². The van der Waals surface area contributed by atoms with E-state index in [1.807, 2.05) is 24.3 Å². The Morgan fingerprint density at radius 1 is 0.962 bits per heavy atom. The zero-order valence-electron chi connectivity index (χ0n) is 14.4. The fourth-order valence-electron chi connectivity index (χ4n) is 3.66. The molecule has 0 radical (unpaired) electrons. The molecule has 0 unspecified atom stereocenters. The SMILES string of the molecule is O=C1N(CC(=O)N2CCCc3ccccc32)CCN1c1ccccc1F. The van der Waals surface area contributed by atoms with Crippen LogP contribution in [0.5, 0.6) is 0 Å². The van der Waals surface area contributed by atoms with Crippen molar-refractivity contribution in [3.8, 4) is 0 Å². The molecule has 3 amide bonds. The zero-order chi connectivity index (χ0) is 18.1. The van der Waals surface area contributed by atoms with E-state index in [-0.39, 0.29) is 24.2 Å². The second kappa shape index (κ2) is 6.78. The van der Waals surface area contributed by atoms with Gasteiger partial charge in [0.2, 0.25) is 5.91 Å². The lowest BCUT2D eigenvalue weighted by Gasteiger charge is -2.30. The summed E-state index contributed by atoms with van der Waals surface area (Å²) in [4.78, 5) is 30.1. The van der Waals surface area contributed by atoms with Gasteiger partial charge in [-0.2, -0.15) is 0 Å². The number of halogens is 1. The molecular formula is C20H20FN3O2. The van der Waals surface area contributed by atoms with Crippen LogP contribution in [0.4, 0.5) is 20.6 Å². The van der Waals surface area contributed by atoms with Gasteiger partial charge in [0.05, 0.1) is 5.69 Å². The first-order chi connectivity index (χ1) is 12.6. The summed E-state index contributed by atoms with van der Waals surface area (Å²) in [7, 11) is 0. The average Bonchev–Trinajstić information content (AvgIpc) is 3.02. The Morgan fingerprint density at radius 3 is 2.50 bits per heavy atom. The predicted octanol–water partition coefficient (Wildman–Crippen LogP) is 3.05. The first-order valence-corrected chi connectivity index (χ1v) is 8.84. The monoisotopic (exact) mass is 353 g/mol. The van der Waals surface area contributed by atoms with Gasteiger partial charge in [0.25, 0.3) is 0 Å². The van der Waals surface area contributed by atoms with Crippen LogP contribution in [0.3, 0.4) is 0 Å². The number of carbonyl (C=O) groups is 2. The minimum Gasteiger partial charge on any atom is -0.313 e. The van der Waals surface area contributed by atoms with Gasteiger partial charge >= 0.3 is 6.03 Å². The van der Waals surface area contributed by atoms with Crippen LogP contribution in [-0.2, 0) is 11.2 Å². The summed E-state index contributed by atoms with van der Waals surface area (Å²) < 4.78 is 14.0. The van der Waals surface area contributed by atoms with Crippen molar-refractivity contribution in [3.05, 3.63) is 59.9 Å². The Bertz CT molecular complexity index is 854. The van der Waals surface area contributed by atoms with E-state index in [9.17, 15) is 14.0 Å². The Kier molecular flexibility index (Phi) is 4.32. The van der Waals surface area contributed by atoms with Crippen molar-refractivity contribution in [2.45, 2.75) is 12.8 Å². The largest absolute Gasteiger partial charge is 0.325 e. The van der Waals surface area contributed by atoms with Crippen molar-refractivity contribution in [2.75, 3.05) is 36.0 Å². The van der Waals surface area contributed by atoms with Gasteiger partial charge in [0, 0.05) is 25.3 Å². The lowest BCUT2D eigenvalue weighted by Crippen LogP contribution is -2.44. The fourth-order valence-corrected chi connectivity index (χ4v) is 3.66. The number of fused-ring (bicyclic) bond motifs is 1. The number of urea groups is 1. The first kappa shape index (κ1) is 16.6. The minimum absolute atomic E-state index is 0.0120. The third kappa shape index (κ3) is 2.92. The number of hydrogen-bond acceptors (Lipinski definition) is 2. The van der Waals surface area contributed by atoms with Crippen LogP contribution in [-0.4, -0.2) is 43.0 Å². The molecular weight excluding hydrogens is 333 g/mol. The lowest BCUT2D eigenvalue weighted by atomic mass is 10.0. The standard InChI is InChI=1S/C20H20FN3O2/c21-16-8-2-4-10-18(16)24-13-12-22(20(24)26)14-19(25)23-11-5-7-15-6-1-3-9-17(15)23/h1-4,6,8-10H,5,7,11-14H2. The Labute approximate surface area is 151 Å². The predicted molar refractivity (Wildman–Crippen MR) is 97.8 cm³/mol. The number of carbonyl (C=O) groups excluding carboxylic acids is 2. The third-order valence-corrected chi connectivity index (χ3v) is 4.98. The Balaban J connectivity index is 1.48. The molecule has 2 aliphatic heterocycles. The van der Waals surface area contributed by atoms with Crippen molar-refractivity contribution in [2.24, 2.45) is 0 Å². The summed E-state index contributed by atoms with van der Waals surface area (Å²) in [6.07, 6.45) is 1.88. The normalized spacial score (nSPS) is 16.8. The minimum atomic E-state index is -0.431. The first-order valence-electron chi connectivity index (χ1n) is 8.84. The maximum atomic E-state index is 14.0. The van der Waals surface area contributed by atoms with Gasteiger partial charge in [0.1, 0.15) is 12.4 Å². The Morgan fingerprint density at radius 2 is 1.69 bits per heavy atom. The second-order valence-electron chi connectivity index (χ2n) is 6.58. The number of anilines is 2. The molecule has 0 atom stereocenters. The van der Waals surface area contributed by atoms with E-state index in [1.54, 1.807) is 23.1 Å². The van der Waals surface area contributed by atoms with E-state index in [2.05, 4.69) is 0 Å². The molecule has 4 rings (SSSR count). The molecule has 5 nitrogen and oxygen atoms in total. The molecule has 0 bridgehead atoms. The van der Waals surface area contributed by atoms with Crippen LogP contribution in [0.2, 0.25) is 0 Å². The number of hydrogen-bond donors (Lipinski definition) is 0. The fraction of sp³-hybridized carbons (Fsp3) is 0.300. The highest BCUT2D eigenvalue weighted by atomic mass is 19.1. The molecule has 0 aliphatic carbocycles. The summed E-state index contributed by atoms with van der Waals surface area (Å²) in [6, 6.07) is 13.8. The van der Waals surface area contributed by atoms with E-state index in [0.717, 1.165) is 24.1 Å². The molecule has 0 spiro atoms. The number of benzene rings is 2. The summed E-state index contributed by atoms with van der Waals surface area (Å²) >= 11 is 0. The van der Waals surface area contributed by atoms with Gasteiger partial charge in [-0.1, -0.05) is 30.3 Å². The zero-order valence-corrected chi connectivity index (χ0v) is 14.4. The van der Waals surface area contributed by atoms with Gasteiger partial charge in [0.15, 0.2) is 0 Å². The highest BCUT2D eigenvalue weighted by Gasteiger charge is 2.33. The van der Waals surface area contributed by atoms with Crippen molar-refractivity contribution < 1.29 is 14.0 Å². The van der Waals surface area contributed by atoms with E-state index in [4.69, 9.17) is 0 Å². The van der Waals surface area contributed by atoms with Crippen molar-refractivity contribution in [1.82, 2.24) is 4.90 Å². The number of para-hydroxylation sites is 2. The quantitative estimate of drug-likeness (QED) is 0.851. The topological polar surface area (TPSA) is 43.9 Å². The molecule has 2 heterocycles. The molecule has 0 aromatic heterocycles. The molecule has 26 heavy (non-hydrogen) atoms. The van der Waals surface area contributed by atoms with Crippen LogP contribution >= 0.6 is 0 Å². The smallest absolute Gasteiger partial charge is 0.313 e. The van der Waals surface area contributed by atoms with Crippen molar-refractivity contribution in [3.63, 3.8) is 0 Å². The molecule has 134 valence electrons. The van der Waals surface area contributed by atoms with Crippen LogP contribution in [0.15, 0.2) is 48.5 Å². The highest BCUT2D eigenvalue weighted by molar-refractivity contribution is 6.01. The summed E-state index contributed by atoms with van der Waals surface area (Å²) in [5, 5.41) is 0. The molecule has 0 N–H and O–H groups in total. The van der Waals surface area contributed by atoms with E-state index in [0.29, 0.717) is 19.6 Å². The molecule has 1 fully saturated rings. The van der Waals surface area contributed by atoms with Crippen LogP contribution in [0, 0.1) is 5.82 Å². The van der Waals surface area contributed by atoms with Crippen LogP contribution < -0.4 is 9.80 Å². The molecule has 2 aromatic rings. The summed E-state index contributed by atoms with van der Waals surface area (Å²) in [6.45, 7) is 1.46. The van der Waals surface area contributed by atoms with Crippen LogP contribution in [0.1, 0.15) is 12.0 Å². The second-order valence-corrected chi connectivity index (χ2v) is 6.58. The van der Waals surface area contributed by atoms with E-state index in [1.165, 1.54) is 15.9 Å². The lowest BCUT2D eigenvalue weighted by molar-refractivity contribution is -0.119. The summed E-state index contributed by atoms with van der Waals surface area (Å²) in [5.74, 6) is -0.528. The van der Waals surface area contributed by atoms with Crippen molar-refractivity contribution in [1.29, 1.82) is 0 Å². The van der Waals surface area contributed by atoms with E-state index >= 15 is 0 Å². The van der Waals surface area contributed by atoms with Gasteiger partial charge < -0.3 is 9.80 Å². The maximum absolute atomic E-state index is 14.0. The van der Waals surface area contributed by atoms with E-state index < -0.39 is 5.82 Å². The summed E-state index contributed by atoms with van der Waals surface area (Å²) in [5.41, 5.74) is 2.35. The average molecular weight is 353 g/mol. The molecule has 6 heteroatoms. The van der Waals surface area contributed by atoms with Crippen molar-refractivity contribution >= 4 is 23.3 Å². The van der Waals surface area contributed by atoms with Gasteiger partial charge in [-0.15, -0.1) is 0 Å². The number of rotatable bonds is 3.